The van der Waals surface area contributed by atoms with Gasteiger partial charge in [0.25, 0.3) is 0 Å². The third-order valence-electron chi connectivity index (χ3n) is 9.30. The molecule has 2 rings (SSSR count). The Morgan fingerprint density at radius 2 is 1.29 bits per heavy atom. The van der Waals surface area contributed by atoms with Crippen LogP contribution >= 0.6 is 0 Å². The van der Waals surface area contributed by atoms with E-state index in [1.807, 2.05) is 0 Å². The summed E-state index contributed by atoms with van der Waals surface area (Å²) in [4.78, 5) is 17.0. The maximum atomic E-state index is 13.0. The van der Waals surface area contributed by atoms with Gasteiger partial charge >= 0.3 is 5.69 Å². The van der Waals surface area contributed by atoms with E-state index in [9.17, 15) is 4.79 Å². The smallest absolute Gasteiger partial charge is 0.351 e. The molecule has 1 aromatic rings. The lowest BCUT2D eigenvalue weighted by molar-refractivity contribution is -0.0509. The van der Waals surface area contributed by atoms with Crippen LogP contribution in [0.4, 0.5) is 5.82 Å². The van der Waals surface area contributed by atoms with Gasteiger partial charge in [-0.1, -0.05) is 62.3 Å². The summed E-state index contributed by atoms with van der Waals surface area (Å²) in [5.74, 6) is 0.179. The van der Waals surface area contributed by atoms with Crippen molar-refractivity contribution in [1.29, 1.82) is 0 Å². The van der Waals surface area contributed by atoms with Crippen LogP contribution < -0.4 is 11.4 Å². The second-order valence-corrected chi connectivity index (χ2v) is 29.7. The zero-order chi connectivity index (χ0) is 29.7. The predicted molar refractivity (Wildman–Crippen MR) is 164 cm³/mol. The third kappa shape index (κ3) is 7.27. The molecule has 0 spiro atoms. The molecule has 2 heterocycles. The van der Waals surface area contributed by atoms with Gasteiger partial charge in [0.1, 0.15) is 24.1 Å². The Morgan fingerprint density at radius 3 is 1.71 bits per heavy atom. The summed E-state index contributed by atoms with van der Waals surface area (Å²) >= 11 is 0. The number of anilines is 1. The molecule has 4 atom stereocenters. The van der Waals surface area contributed by atoms with Crippen molar-refractivity contribution in [3.8, 4) is 0 Å². The van der Waals surface area contributed by atoms with E-state index in [1.165, 1.54) is 4.57 Å². The zero-order valence-electron chi connectivity index (χ0n) is 26.7. The minimum atomic E-state index is -2.29. The Kier molecular flexibility index (Phi) is 9.54. The van der Waals surface area contributed by atoms with Crippen LogP contribution in [0.3, 0.4) is 0 Å². The first-order valence-corrected chi connectivity index (χ1v) is 22.5. The molecule has 0 unspecified atom stereocenters. The Bertz CT molecular complexity index is 1020. The molecule has 0 aromatic carbocycles. The van der Waals surface area contributed by atoms with Crippen molar-refractivity contribution >= 4 is 30.8 Å². The van der Waals surface area contributed by atoms with Crippen molar-refractivity contribution in [2.75, 3.05) is 12.3 Å². The summed E-state index contributed by atoms with van der Waals surface area (Å²) in [6, 6.07) is 1.62. The molecule has 0 radical (unpaired) electrons. The number of hydrogen-bond donors (Lipinski definition) is 1. The molecule has 2 N–H and O–H groups in total. The van der Waals surface area contributed by atoms with Crippen molar-refractivity contribution in [3.63, 3.8) is 0 Å². The third-order valence-corrected chi connectivity index (χ3v) is 22.7. The first-order chi connectivity index (χ1) is 16.8. The zero-order valence-corrected chi connectivity index (χ0v) is 29.7. The topological polar surface area (TPSA) is 97.8 Å². The number of rotatable bonds is 8. The molecule has 38 heavy (non-hydrogen) atoms. The summed E-state index contributed by atoms with van der Waals surface area (Å²) in [6.07, 6.45) is -0.349. The summed E-state index contributed by atoms with van der Waals surface area (Å²) in [6.45, 7) is 33.8. The number of nitrogen functional groups attached to an aromatic ring is 1. The Hall–Kier alpha value is -0.829. The van der Waals surface area contributed by atoms with E-state index in [1.54, 1.807) is 12.3 Å². The van der Waals surface area contributed by atoms with Crippen LogP contribution in [0.1, 0.15) is 68.5 Å². The Morgan fingerprint density at radius 1 is 0.842 bits per heavy atom. The Balaban J connectivity index is 2.64. The highest BCUT2D eigenvalue weighted by Crippen LogP contribution is 2.46. The van der Waals surface area contributed by atoms with Crippen LogP contribution in [0.2, 0.25) is 54.4 Å². The number of nitrogens with two attached hydrogens (primary N) is 1. The highest BCUT2D eigenvalue weighted by Gasteiger charge is 2.55. The molecule has 0 saturated carbocycles. The molecule has 8 nitrogen and oxygen atoms in total. The minimum absolute atomic E-state index is 0.0168. The fourth-order valence-corrected chi connectivity index (χ4v) is 7.11. The molecular weight excluding hydrogens is 531 g/mol. The highest BCUT2D eigenvalue weighted by atomic mass is 28.4. The van der Waals surface area contributed by atoms with Crippen molar-refractivity contribution in [3.05, 3.63) is 22.7 Å². The van der Waals surface area contributed by atoms with Gasteiger partial charge in [0.2, 0.25) is 0 Å². The first-order valence-electron chi connectivity index (χ1n) is 13.8. The fraction of sp³-hybridized carbons (Fsp3) is 0.852. The molecule has 0 aliphatic carbocycles. The van der Waals surface area contributed by atoms with Crippen LogP contribution in [0, 0.1) is 0 Å². The van der Waals surface area contributed by atoms with Crippen LogP contribution in [0.15, 0.2) is 17.1 Å². The van der Waals surface area contributed by atoms with Crippen LogP contribution in [-0.4, -0.2) is 59.4 Å². The van der Waals surface area contributed by atoms with Gasteiger partial charge in [-0.25, -0.2) is 4.79 Å². The van der Waals surface area contributed by atoms with Gasteiger partial charge < -0.3 is 23.7 Å². The average molecular weight is 586 g/mol. The van der Waals surface area contributed by atoms with Gasteiger partial charge in [-0.2, -0.15) is 4.98 Å². The molecule has 0 bridgehead atoms. The molecule has 220 valence electrons. The maximum Gasteiger partial charge on any atom is 0.351 e. The van der Waals surface area contributed by atoms with Crippen molar-refractivity contribution in [1.82, 2.24) is 9.55 Å². The number of nitrogens with zero attached hydrogens (tertiary/aromatic N) is 2. The fourth-order valence-electron chi connectivity index (χ4n) is 3.49. The predicted octanol–water partition coefficient (Wildman–Crippen LogP) is 6.53. The van der Waals surface area contributed by atoms with Crippen LogP contribution in [-0.2, 0) is 18.0 Å². The molecule has 11 heteroatoms. The quantitative estimate of drug-likeness (QED) is 0.347. The monoisotopic (exact) mass is 585 g/mol. The number of hydrogen-bond acceptors (Lipinski definition) is 7. The van der Waals surface area contributed by atoms with Crippen LogP contribution in [0.5, 0.6) is 0 Å². The molecule has 1 fully saturated rings. The Labute approximate surface area is 234 Å². The average Bonchev–Trinajstić information content (AvgIpc) is 3.00. The van der Waals surface area contributed by atoms with E-state index in [4.69, 9.17) is 23.7 Å². The standard InChI is InChI=1S/C27H55N3O5Si3/c1-25(2,3)36(10,11)32-18-19-21(34-37(12,13)26(4,5)6)22(35-38(14,15)27(7,8)9)23(33-19)30-17-16-20(28)29-24(30)31/h16-17,19,21-23H,18H2,1-15H3,(H2,28,29,31)/t19-,21-,22+,23-/m1/s1. The van der Waals surface area contributed by atoms with E-state index in [-0.39, 0.29) is 20.9 Å². The molecular formula is C27H55N3O5Si3. The second-order valence-electron chi connectivity index (χ2n) is 15.4. The number of aromatic nitrogens is 2. The van der Waals surface area contributed by atoms with Gasteiger partial charge in [-0.05, 0) is 60.5 Å². The minimum Gasteiger partial charge on any atom is -0.414 e. The maximum absolute atomic E-state index is 13.0. The van der Waals surface area contributed by atoms with Crippen molar-refractivity contribution in [2.45, 2.75) is 141 Å². The largest absolute Gasteiger partial charge is 0.414 e. The van der Waals surface area contributed by atoms with E-state index in [0.29, 0.717) is 6.61 Å². The van der Waals surface area contributed by atoms with Gasteiger partial charge in [0, 0.05) is 6.20 Å². The van der Waals surface area contributed by atoms with E-state index >= 15 is 0 Å². The van der Waals surface area contributed by atoms with E-state index < -0.39 is 55.2 Å². The highest BCUT2D eigenvalue weighted by molar-refractivity contribution is 6.75. The summed E-state index contributed by atoms with van der Waals surface area (Å²) < 4.78 is 29.0. The van der Waals surface area contributed by atoms with Gasteiger partial charge in [0.15, 0.2) is 31.2 Å². The first kappa shape index (κ1) is 33.4. The van der Waals surface area contributed by atoms with Gasteiger partial charge in [0.05, 0.1) is 6.61 Å². The van der Waals surface area contributed by atoms with Gasteiger partial charge in [-0.15, -0.1) is 0 Å². The SMILES string of the molecule is CC(C)(C)[Si](C)(C)OC[C@H]1O[C@@H](n2ccc(N)nc2=O)[C@@H](O[Si](C)(C)C(C)(C)C)[C@@H]1O[Si](C)(C)C(C)(C)C. The van der Waals surface area contributed by atoms with Crippen molar-refractivity contribution in [2.24, 2.45) is 0 Å². The molecule has 1 saturated heterocycles. The molecule has 1 aromatic heterocycles. The van der Waals surface area contributed by atoms with Crippen molar-refractivity contribution < 1.29 is 18.0 Å². The van der Waals surface area contributed by atoms with E-state index in [2.05, 4.69) is 107 Å². The normalized spacial score (nSPS) is 24.2. The lowest BCUT2D eigenvalue weighted by Gasteiger charge is -2.44. The lowest BCUT2D eigenvalue weighted by Crippen LogP contribution is -2.54. The molecule has 0 amide bonds. The summed E-state index contributed by atoms with van der Waals surface area (Å²) in [5, 5.41) is -0.00812. The van der Waals surface area contributed by atoms with Gasteiger partial charge in [-0.3, -0.25) is 4.57 Å². The molecule has 1 aliphatic rings. The second kappa shape index (κ2) is 10.9. The number of ether oxygens (including phenoxy) is 1. The van der Waals surface area contributed by atoms with Crippen LogP contribution in [0.25, 0.3) is 0 Å². The summed E-state index contributed by atoms with van der Waals surface area (Å²) in [5.41, 5.74) is 5.36. The molecule has 1 aliphatic heterocycles. The summed E-state index contributed by atoms with van der Waals surface area (Å²) in [7, 11) is -6.61. The lowest BCUT2D eigenvalue weighted by atomic mass is 10.1. The van der Waals surface area contributed by atoms with E-state index in [0.717, 1.165) is 0 Å².